The van der Waals surface area contributed by atoms with Crippen LogP contribution in [0.1, 0.15) is 38.4 Å². The van der Waals surface area contributed by atoms with Crippen LogP contribution in [0.25, 0.3) is 28.1 Å². The molecular formula is C24H28CaFNO4. The van der Waals surface area contributed by atoms with Crippen molar-refractivity contribution in [1.29, 1.82) is 0 Å². The molecule has 3 aromatic rings. The standard InChI is InChI=1S/C24H26FNO4.Ca.2H/c1-15(2)26-21-6-4-3-5-20(21)24(16-7-9-17(25)10-8-16)22(26)12-11-18(27)13-19(28)14-23(29)30;;;/h3-12,15,18-19,27-28H,13-14H2,1-2H3,(H,29,30);;;/b12-11+;;;/t18-,19-;;;/m1.../s1. The number of halogens is 1. The Bertz CT molecular complexity index is 1060. The van der Waals surface area contributed by atoms with E-state index in [0.717, 1.165) is 27.7 Å². The number of hydrogen-bond donors (Lipinski definition) is 3. The number of rotatable bonds is 8. The van der Waals surface area contributed by atoms with E-state index in [4.69, 9.17) is 5.11 Å². The number of benzene rings is 2. The first-order valence-electron chi connectivity index (χ1n) is 9.93. The number of carboxylic acids is 1. The minimum absolute atomic E-state index is 0. The zero-order valence-electron chi connectivity index (χ0n) is 17.0. The molecule has 3 rings (SSSR count). The summed E-state index contributed by atoms with van der Waals surface area (Å²) >= 11 is 0. The molecule has 2 atom stereocenters. The average Bonchev–Trinajstić information content (AvgIpc) is 3.00. The number of aliphatic carboxylic acids is 1. The van der Waals surface area contributed by atoms with Crippen molar-refractivity contribution < 1.29 is 24.5 Å². The summed E-state index contributed by atoms with van der Waals surface area (Å²) in [5.74, 6) is -1.43. The Kier molecular flexibility index (Phi) is 9.28. The van der Waals surface area contributed by atoms with E-state index in [9.17, 15) is 19.4 Å². The summed E-state index contributed by atoms with van der Waals surface area (Å²) in [6.45, 7) is 4.12. The second-order valence-electron chi connectivity index (χ2n) is 7.66. The van der Waals surface area contributed by atoms with Gasteiger partial charge in [-0.15, -0.1) is 0 Å². The number of aliphatic hydroxyl groups is 2. The van der Waals surface area contributed by atoms with Crippen LogP contribution in [0.3, 0.4) is 0 Å². The van der Waals surface area contributed by atoms with Crippen LogP contribution in [0.5, 0.6) is 0 Å². The molecule has 0 aliphatic rings. The molecule has 31 heavy (non-hydrogen) atoms. The van der Waals surface area contributed by atoms with E-state index in [0.29, 0.717) is 0 Å². The predicted molar refractivity (Wildman–Crippen MR) is 124 cm³/mol. The van der Waals surface area contributed by atoms with Gasteiger partial charge in [-0.1, -0.05) is 36.4 Å². The third-order valence-electron chi connectivity index (χ3n) is 5.00. The molecule has 0 spiro atoms. The van der Waals surface area contributed by atoms with Crippen molar-refractivity contribution in [3.05, 3.63) is 66.1 Å². The number of para-hydroxylation sites is 1. The predicted octanol–water partition coefficient (Wildman–Crippen LogP) is 3.71. The fraction of sp³-hybridized carbons (Fsp3) is 0.292. The molecule has 0 unspecified atom stereocenters. The van der Waals surface area contributed by atoms with Crippen LogP contribution < -0.4 is 0 Å². The second kappa shape index (κ2) is 11.2. The van der Waals surface area contributed by atoms with Gasteiger partial charge in [0.15, 0.2) is 0 Å². The topological polar surface area (TPSA) is 82.7 Å². The van der Waals surface area contributed by atoms with E-state index in [1.54, 1.807) is 24.3 Å². The van der Waals surface area contributed by atoms with Gasteiger partial charge in [0.25, 0.3) is 0 Å². The molecule has 2 aromatic carbocycles. The quantitative estimate of drug-likeness (QED) is 0.454. The van der Waals surface area contributed by atoms with E-state index in [1.165, 1.54) is 12.1 Å². The van der Waals surface area contributed by atoms with Crippen LogP contribution >= 0.6 is 0 Å². The van der Waals surface area contributed by atoms with Gasteiger partial charge in [-0.3, -0.25) is 4.79 Å². The van der Waals surface area contributed by atoms with Crippen LogP contribution in [0, 0.1) is 5.82 Å². The van der Waals surface area contributed by atoms with E-state index >= 15 is 0 Å². The molecule has 0 aliphatic heterocycles. The third-order valence-corrected chi connectivity index (χ3v) is 5.00. The molecule has 1 heterocycles. The molecule has 0 fully saturated rings. The number of aromatic nitrogens is 1. The minimum atomic E-state index is -1.13. The zero-order chi connectivity index (χ0) is 21.8. The molecule has 0 saturated heterocycles. The number of nitrogens with zero attached hydrogens (tertiary/aromatic N) is 1. The van der Waals surface area contributed by atoms with E-state index in [-0.39, 0.29) is 56.0 Å². The molecule has 7 heteroatoms. The van der Waals surface area contributed by atoms with Crippen molar-refractivity contribution in [2.75, 3.05) is 0 Å². The molecule has 0 saturated carbocycles. The van der Waals surface area contributed by atoms with Gasteiger partial charge in [0.05, 0.1) is 18.6 Å². The first-order valence-corrected chi connectivity index (χ1v) is 9.93. The normalized spacial score (nSPS) is 13.5. The third kappa shape index (κ3) is 6.18. The molecule has 162 valence electrons. The molecule has 5 nitrogen and oxygen atoms in total. The van der Waals surface area contributed by atoms with Gasteiger partial charge in [-0.2, -0.15) is 0 Å². The molecule has 0 radical (unpaired) electrons. The summed E-state index contributed by atoms with van der Waals surface area (Å²) < 4.78 is 15.6. The summed E-state index contributed by atoms with van der Waals surface area (Å²) in [5, 5.41) is 29.9. The average molecular weight is 454 g/mol. The molecule has 3 N–H and O–H groups in total. The number of carboxylic acid groups (broad SMARTS) is 1. The van der Waals surface area contributed by atoms with Gasteiger partial charge < -0.3 is 19.9 Å². The van der Waals surface area contributed by atoms with Gasteiger partial charge in [-0.05, 0) is 43.7 Å². The Hall–Kier alpha value is -1.70. The monoisotopic (exact) mass is 453 g/mol. The maximum atomic E-state index is 13.5. The Morgan fingerprint density at radius 2 is 1.74 bits per heavy atom. The van der Waals surface area contributed by atoms with Crippen LogP contribution in [-0.2, 0) is 4.79 Å². The van der Waals surface area contributed by atoms with E-state index in [1.807, 2.05) is 24.3 Å². The zero-order valence-corrected chi connectivity index (χ0v) is 17.0. The Labute approximate surface area is 210 Å². The number of aliphatic hydroxyl groups excluding tert-OH is 2. The van der Waals surface area contributed by atoms with Crippen molar-refractivity contribution in [2.24, 2.45) is 0 Å². The van der Waals surface area contributed by atoms with E-state index < -0.39 is 24.6 Å². The molecule has 1 aromatic heterocycles. The first-order chi connectivity index (χ1) is 14.3. The maximum absolute atomic E-state index is 13.5. The number of fused-ring (bicyclic) bond motifs is 1. The molecule has 0 bridgehead atoms. The summed E-state index contributed by atoms with van der Waals surface area (Å²) in [4.78, 5) is 10.7. The van der Waals surface area contributed by atoms with Crippen molar-refractivity contribution in [3.63, 3.8) is 0 Å². The number of carbonyl (C=O) groups is 1. The SMILES string of the molecule is CC(C)n1c(/C=C/[C@@H](O)C[C@@H](O)CC(=O)O)c(-c2ccc(F)cc2)c2ccccc21.[CaH2]. The molecular weight excluding hydrogens is 425 g/mol. The fourth-order valence-corrected chi connectivity index (χ4v) is 3.77. The summed E-state index contributed by atoms with van der Waals surface area (Å²) in [6.07, 6.45) is 0.727. The Morgan fingerprint density at radius 3 is 2.35 bits per heavy atom. The van der Waals surface area contributed by atoms with Crippen LogP contribution in [0.2, 0.25) is 0 Å². The first kappa shape index (κ1) is 25.6. The van der Waals surface area contributed by atoms with Gasteiger partial charge in [0, 0.05) is 34.6 Å². The van der Waals surface area contributed by atoms with Crippen molar-refractivity contribution in [1.82, 2.24) is 4.57 Å². The Balaban J connectivity index is 0.00000341. The molecule has 0 amide bonds. The summed E-state index contributed by atoms with van der Waals surface area (Å²) in [6, 6.07) is 14.4. The summed E-state index contributed by atoms with van der Waals surface area (Å²) in [7, 11) is 0. The van der Waals surface area contributed by atoms with Gasteiger partial charge >= 0.3 is 43.7 Å². The molecule has 0 aliphatic carbocycles. The van der Waals surface area contributed by atoms with Gasteiger partial charge in [0.1, 0.15) is 5.82 Å². The second-order valence-corrected chi connectivity index (χ2v) is 7.66. The fourth-order valence-electron chi connectivity index (χ4n) is 3.77. The van der Waals surface area contributed by atoms with Crippen LogP contribution in [0.15, 0.2) is 54.6 Å². The Morgan fingerprint density at radius 1 is 1.10 bits per heavy atom. The van der Waals surface area contributed by atoms with E-state index in [2.05, 4.69) is 18.4 Å². The van der Waals surface area contributed by atoms with Gasteiger partial charge in [0.2, 0.25) is 0 Å². The van der Waals surface area contributed by atoms with Gasteiger partial charge in [-0.25, -0.2) is 4.39 Å². The van der Waals surface area contributed by atoms with Crippen molar-refractivity contribution >= 4 is 60.7 Å². The van der Waals surface area contributed by atoms with Crippen LogP contribution in [0.4, 0.5) is 4.39 Å². The number of hydrogen-bond acceptors (Lipinski definition) is 3. The summed E-state index contributed by atoms with van der Waals surface area (Å²) in [5.41, 5.74) is 3.65. The van der Waals surface area contributed by atoms with Crippen molar-refractivity contribution in [3.8, 4) is 11.1 Å². The van der Waals surface area contributed by atoms with Crippen LogP contribution in [-0.4, -0.2) is 75.8 Å². The van der Waals surface area contributed by atoms with Crippen molar-refractivity contribution in [2.45, 2.75) is 44.9 Å².